The standard InChI is InChI=1S/C16H14FNO4/c1-9(19)22-10-6-7-13(17)14(8-10)18-15(20)11-4-2-3-5-12(11)16(18)21/h6-8H,2-5H2,1H3. The maximum absolute atomic E-state index is 14.1. The summed E-state index contributed by atoms with van der Waals surface area (Å²) in [5.41, 5.74) is 0.783. The van der Waals surface area contributed by atoms with Crippen molar-refractivity contribution >= 4 is 23.5 Å². The molecular weight excluding hydrogens is 289 g/mol. The van der Waals surface area contributed by atoms with E-state index in [1.54, 1.807) is 0 Å². The number of anilines is 1. The Hall–Kier alpha value is -2.50. The molecule has 1 aromatic carbocycles. The Kier molecular flexibility index (Phi) is 3.52. The topological polar surface area (TPSA) is 63.7 Å². The fourth-order valence-electron chi connectivity index (χ4n) is 2.85. The van der Waals surface area contributed by atoms with Gasteiger partial charge in [0.05, 0.1) is 5.69 Å². The van der Waals surface area contributed by atoms with Crippen LogP contribution in [-0.4, -0.2) is 17.8 Å². The highest BCUT2D eigenvalue weighted by atomic mass is 19.1. The summed E-state index contributed by atoms with van der Waals surface area (Å²) >= 11 is 0. The lowest BCUT2D eigenvalue weighted by Crippen LogP contribution is -2.32. The van der Waals surface area contributed by atoms with Gasteiger partial charge in [-0.25, -0.2) is 9.29 Å². The van der Waals surface area contributed by atoms with Crippen LogP contribution >= 0.6 is 0 Å². The molecule has 1 aromatic rings. The van der Waals surface area contributed by atoms with Crippen LogP contribution in [0.25, 0.3) is 0 Å². The van der Waals surface area contributed by atoms with Crippen molar-refractivity contribution < 1.29 is 23.5 Å². The maximum atomic E-state index is 14.1. The van der Waals surface area contributed by atoms with E-state index >= 15 is 0 Å². The first kappa shape index (κ1) is 14.4. The first-order valence-corrected chi connectivity index (χ1v) is 7.08. The van der Waals surface area contributed by atoms with Gasteiger partial charge in [-0.3, -0.25) is 14.4 Å². The van der Waals surface area contributed by atoms with Crippen molar-refractivity contribution in [2.75, 3.05) is 4.90 Å². The molecular formula is C16H14FNO4. The molecule has 3 rings (SSSR count). The zero-order valence-corrected chi connectivity index (χ0v) is 12.0. The minimum absolute atomic E-state index is 0.0920. The number of esters is 1. The number of benzene rings is 1. The van der Waals surface area contributed by atoms with Crippen LogP contribution in [0.15, 0.2) is 29.3 Å². The maximum Gasteiger partial charge on any atom is 0.308 e. The minimum Gasteiger partial charge on any atom is -0.427 e. The quantitative estimate of drug-likeness (QED) is 0.478. The van der Waals surface area contributed by atoms with Gasteiger partial charge in [0.25, 0.3) is 11.8 Å². The van der Waals surface area contributed by atoms with Gasteiger partial charge in [-0.2, -0.15) is 0 Å². The van der Waals surface area contributed by atoms with Crippen LogP contribution in [0.5, 0.6) is 5.75 Å². The Labute approximate surface area is 126 Å². The van der Waals surface area contributed by atoms with E-state index in [9.17, 15) is 18.8 Å². The Morgan fingerprint density at radius 2 is 1.73 bits per heavy atom. The number of nitrogens with zero attached hydrogens (tertiary/aromatic N) is 1. The van der Waals surface area contributed by atoms with Gasteiger partial charge in [0, 0.05) is 24.1 Å². The second-order valence-electron chi connectivity index (χ2n) is 5.32. The van der Waals surface area contributed by atoms with E-state index in [0.717, 1.165) is 23.8 Å². The summed E-state index contributed by atoms with van der Waals surface area (Å²) in [5.74, 6) is -2.13. The van der Waals surface area contributed by atoms with E-state index < -0.39 is 23.6 Å². The van der Waals surface area contributed by atoms with Crippen molar-refractivity contribution in [3.05, 3.63) is 35.2 Å². The zero-order chi connectivity index (χ0) is 15.9. The predicted octanol–water partition coefficient (Wildman–Crippen LogP) is 2.49. The molecule has 0 radical (unpaired) electrons. The Morgan fingerprint density at radius 3 is 2.27 bits per heavy atom. The molecule has 0 fully saturated rings. The number of halogens is 1. The van der Waals surface area contributed by atoms with Crippen LogP contribution in [0.1, 0.15) is 32.6 Å². The lowest BCUT2D eigenvalue weighted by Gasteiger charge is -2.16. The zero-order valence-electron chi connectivity index (χ0n) is 12.0. The van der Waals surface area contributed by atoms with Gasteiger partial charge in [0.1, 0.15) is 11.6 Å². The van der Waals surface area contributed by atoms with Crippen molar-refractivity contribution in [3.8, 4) is 5.75 Å². The van der Waals surface area contributed by atoms with Crippen molar-refractivity contribution in [1.82, 2.24) is 0 Å². The lowest BCUT2D eigenvalue weighted by atomic mass is 9.93. The summed E-state index contributed by atoms with van der Waals surface area (Å²) < 4.78 is 19.0. The van der Waals surface area contributed by atoms with Crippen LogP contribution < -0.4 is 9.64 Å². The second-order valence-corrected chi connectivity index (χ2v) is 5.32. The smallest absolute Gasteiger partial charge is 0.308 e. The second kappa shape index (κ2) is 5.36. The van der Waals surface area contributed by atoms with E-state index in [1.165, 1.54) is 19.1 Å². The first-order valence-electron chi connectivity index (χ1n) is 7.08. The molecule has 0 spiro atoms. The van der Waals surface area contributed by atoms with Crippen LogP contribution in [0, 0.1) is 5.82 Å². The number of rotatable bonds is 2. The highest BCUT2D eigenvalue weighted by molar-refractivity contribution is 6.33. The summed E-state index contributed by atoms with van der Waals surface area (Å²) in [7, 11) is 0. The number of ether oxygens (including phenoxy) is 1. The van der Waals surface area contributed by atoms with Gasteiger partial charge in [-0.1, -0.05) is 0 Å². The number of carbonyl (C=O) groups excluding carboxylic acids is 3. The molecule has 0 saturated carbocycles. The van der Waals surface area contributed by atoms with E-state index in [-0.39, 0.29) is 11.4 Å². The molecule has 0 atom stereocenters. The van der Waals surface area contributed by atoms with E-state index in [4.69, 9.17) is 4.74 Å². The minimum atomic E-state index is -0.711. The summed E-state index contributed by atoms with van der Waals surface area (Å²) in [6, 6.07) is 3.55. The fourth-order valence-corrected chi connectivity index (χ4v) is 2.85. The summed E-state index contributed by atoms with van der Waals surface area (Å²) in [5, 5.41) is 0. The number of hydrogen-bond acceptors (Lipinski definition) is 4. The Balaban J connectivity index is 2.00. The fraction of sp³-hybridized carbons (Fsp3) is 0.312. The third-order valence-corrected chi connectivity index (χ3v) is 3.81. The molecule has 5 nitrogen and oxygen atoms in total. The van der Waals surface area contributed by atoms with E-state index in [0.29, 0.717) is 24.0 Å². The molecule has 0 aromatic heterocycles. The van der Waals surface area contributed by atoms with Crippen LogP contribution in [-0.2, 0) is 14.4 Å². The molecule has 6 heteroatoms. The van der Waals surface area contributed by atoms with Crippen molar-refractivity contribution in [1.29, 1.82) is 0 Å². The van der Waals surface area contributed by atoms with Crippen LogP contribution in [0.3, 0.4) is 0 Å². The summed E-state index contributed by atoms with van der Waals surface area (Å²) in [4.78, 5) is 36.7. The molecule has 1 aliphatic carbocycles. The van der Waals surface area contributed by atoms with Gasteiger partial charge in [-0.05, 0) is 37.8 Å². The van der Waals surface area contributed by atoms with E-state index in [1.807, 2.05) is 0 Å². The highest BCUT2D eigenvalue weighted by Crippen LogP contribution is 2.37. The third kappa shape index (κ3) is 2.30. The van der Waals surface area contributed by atoms with Gasteiger partial charge in [0.15, 0.2) is 0 Å². The van der Waals surface area contributed by atoms with Gasteiger partial charge in [-0.15, -0.1) is 0 Å². The van der Waals surface area contributed by atoms with E-state index in [2.05, 4.69) is 0 Å². The molecule has 2 amide bonds. The van der Waals surface area contributed by atoms with Crippen molar-refractivity contribution in [2.24, 2.45) is 0 Å². The monoisotopic (exact) mass is 303 g/mol. The van der Waals surface area contributed by atoms with Crippen molar-refractivity contribution in [2.45, 2.75) is 32.6 Å². The average molecular weight is 303 g/mol. The summed E-state index contributed by atoms with van der Waals surface area (Å²) in [6.45, 7) is 1.22. The molecule has 22 heavy (non-hydrogen) atoms. The average Bonchev–Trinajstić information content (AvgIpc) is 2.73. The molecule has 1 heterocycles. The molecule has 1 aliphatic heterocycles. The SMILES string of the molecule is CC(=O)Oc1ccc(F)c(N2C(=O)C3=C(CCCC3)C2=O)c1. The number of imide groups is 1. The molecule has 2 aliphatic rings. The Morgan fingerprint density at radius 1 is 1.14 bits per heavy atom. The largest absolute Gasteiger partial charge is 0.427 e. The van der Waals surface area contributed by atoms with Gasteiger partial charge < -0.3 is 4.74 Å². The first-order chi connectivity index (χ1) is 10.5. The van der Waals surface area contributed by atoms with Crippen LogP contribution in [0.4, 0.5) is 10.1 Å². The summed E-state index contributed by atoms with van der Waals surface area (Å²) in [6.07, 6.45) is 2.78. The number of amides is 2. The molecule has 0 unspecified atom stereocenters. The molecule has 114 valence electrons. The molecule has 0 N–H and O–H groups in total. The number of hydrogen-bond donors (Lipinski definition) is 0. The molecule has 0 bridgehead atoms. The van der Waals surface area contributed by atoms with Gasteiger partial charge in [0.2, 0.25) is 0 Å². The number of carbonyl (C=O) groups is 3. The highest BCUT2D eigenvalue weighted by Gasteiger charge is 2.40. The van der Waals surface area contributed by atoms with Crippen LogP contribution in [0.2, 0.25) is 0 Å². The molecule has 0 saturated heterocycles. The lowest BCUT2D eigenvalue weighted by molar-refractivity contribution is -0.131. The van der Waals surface area contributed by atoms with Gasteiger partial charge >= 0.3 is 5.97 Å². The predicted molar refractivity (Wildman–Crippen MR) is 75.7 cm³/mol. The Bertz CT molecular complexity index is 695. The third-order valence-electron chi connectivity index (χ3n) is 3.81. The van der Waals surface area contributed by atoms with Crippen molar-refractivity contribution in [3.63, 3.8) is 0 Å². The normalized spacial score (nSPS) is 17.8.